The molecule has 1 unspecified atom stereocenters. The third kappa shape index (κ3) is 6.46. The van der Waals surface area contributed by atoms with Gasteiger partial charge in [-0.3, -0.25) is 4.79 Å². The molecule has 0 aromatic heterocycles. The molecule has 4 heteroatoms. The first-order valence-electron chi connectivity index (χ1n) is 7.27. The number of hydrogen-bond donors (Lipinski definition) is 1. The fourth-order valence-corrected chi connectivity index (χ4v) is 2.08. The van der Waals surface area contributed by atoms with Gasteiger partial charge in [0, 0.05) is 0 Å². The Morgan fingerprint density at radius 1 is 1.04 bits per heavy atom. The summed E-state index contributed by atoms with van der Waals surface area (Å²) < 4.78 is 0. The van der Waals surface area contributed by atoms with Crippen molar-refractivity contribution in [3.8, 4) is 12.1 Å². The van der Waals surface area contributed by atoms with E-state index in [1.54, 1.807) is 30.3 Å². The quantitative estimate of drug-likeness (QED) is 0.922. The fraction of sp³-hybridized carbons (Fsp3) is 0.211. The second-order valence-corrected chi connectivity index (χ2v) is 4.92. The van der Waals surface area contributed by atoms with Crippen LogP contribution in [0.25, 0.3) is 0 Å². The van der Waals surface area contributed by atoms with Crippen molar-refractivity contribution in [1.29, 1.82) is 10.5 Å². The van der Waals surface area contributed by atoms with Crippen molar-refractivity contribution in [3.63, 3.8) is 0 Å². The van der Waals surface area contributed by atoms with E-state index in [1.165, 1.54) is 0 Å². The minimum absolute atomic E-state index is 0.00389. The molecule has 0 amide bonds. The number of hydrogen-bond acceptors (Lipinski definition) is 3. The molecular formula is C19H18N2O2. The van der Waals surface area contributed by atoms with Gasteiger partial charge in [-0.15, -0.1) is 0 Å². The Kier molecular flexibility index (Phi) is 7.61. The minimum atomic E-state index is -0.802. The van der Waals surface area contributed by atoms with Crippen molar-refractivity contribution in [2.75, 3.05) is 0 Å². The molecule has 0 radical (unpaired) electrons. The Bertz CT molecular complexity index is 712. The molecule has 116 valence electrons. The molecule has 0 spiro atoms. The highest BCUT2D eigenvalue weighted by Gasteiger charge is 2.13. The van der Waals surface area contributed by atoms with Gasteiger partial charge in [0.05, 0.1) is 29.7 Å². The number of nitrogens with zero attached hydrogens (tertiary/aromatic N) is 2. The van der Waals surface area contributed by atoms with Gasteiger partial charge in [0.1, 0.15) is 0 Å². The lowest BCUT2D eigenvalue weighted by Gasteiger charge is -2.12. The van der Waals surface area contributed by atoms with Crippen LogP contribution in [0.15, 0.2) is 54.6 Å². The Labute approximate surface area is 136 Å². The molecule has 2 aromatic rings. The molecule has 0 aliphatic heterocycles. The standard InChI is InChI=1S/C12H13NO2.C7H5N/c1-2-10(7-12(14)15)11-5-3-4-9(6-11)8-13;8-6-7-4-2-1-3-5-7/h3-6,10H,2,7H2,1H3,(H,14,15);1-5H. The van der Waals surface area contributed by atoms with Crippen LogP contribution in [0.3, 0.4) is 0 Å². The number of benzene rings is 2. The fourth-order valence-electron chi connectivity index (χ4n) is 2.08. The van der Waals surface area contributed by atoms with Gasteiger partial charge in [0.2, 0.25) is 0 Å². The predicted molar refractivity (Wildman–Crippen MR) is 87.6 cm³/mol. The van der Waals surface area contributed by atoms with E-state index in [9.17, 15) is 4.79 Å². The number of rotatable bonds is 4. The van der Waals surface area contributed by atoms with E-state index in [2.05, 4.69) is 6.07 Å². The molecular weight excluding hydrogens is 288 g/mol. The minimum Gasteiger partial charge on any atom is -0.481 e. The van der Waals surface area contributed by atoms with Gasteiger partial charge in [-0.1, -0.05) is 37.3 Å². The van der Waals surface area contributed by atoms with Crippen molar-refractivity contribution < 1.29 is 9.90 Å². The van der Waals surface area contributed by atoms with Crippen molar-refractivity contribution in [3.05, 3.63) is 71.3 Å². The lowest BCUT2D eigenvalue weighted by atomic mass is 9.92. The van der Waals surface area contributed by atoms with Gasteiger partial charge in [-0.05, 0) is 42.2 Å². The smallest absolute Gasteiger partial charge is 0.303 e. The van der Waals surface area contributed by atoms with Crippen LogP contribution in [0, 0.1) is 22.7 Å². The first-order valence-corrected chi connectivity index (χ1v) is 7.27. The van der Waals surface area contributed by atoms with Gasteiger partial charge >= 0.3 is 5.97 Å². The summed E-state index contributed by atoms with van der Waals surface area (Å²) in [6, 6.07) is 20.4. The third-order valence-corrected chi connectivity index (χ3v) is 3.30. The van der Waals surface area contributed by atoms with Crippen molar-refractivity contribution >= 4 is 5.97 Å². The summed E-state index contributed by atoms with van der Waals surface area (Å²) in [6.45, 7) is 1.95. The zero-order valence-corrected chi connectivity index (χ0v) is 12.9. The molecule has 0 aliphatic rings. The summed E-state index contributed by atoms with van der Waals surface area (Å²) in [6.07, 6.45) is 0.882. The largest absolute Gasteiger partial charge is 0.481 e. The Morgan fingerprint density at radius 3 is 2.13 bits per heavy atom. The summed E-state index contributed by atoms with van der Waals surface area (Å²) in [7, 11) is 0. The lowest BCUT2D eigenvalue weighted by molar-refractivity contribution is -0.137. The topological polar surface area (TPSA) is 84.9 Å². The lowest BCUT2D eigenvalue weighted by Crippen LogP contribution is -2.05. The molecule has 0 aliphatic carbocycles. The third-order valence-electron chi connectivity index (χ3n) is 3.30. The van der Waals surface area contributed by atoms with E-state index in [4.69, 9.17) is 15.6 Å². The van der Waals surface area contributed by atoms with Gasteiger partial charge in [-0.2, -0.15) is 10.5 Å². The summed E-state index contributed by atoms with van der Waals surface area (Å²) in [5, 5.41) is 25.8. The van der Waals surface area contributed by atoms with Crippen LogP contribution >= 0.6 is 0 Å². The summed E-state index contributed by atoms with van der Waals surface area (Å²) in [5.74, 6) is -0.806. The number of carboxylic acids is 1. The highest BCUT2D eigenvalue weighted by atomic mass is 16.4. The van der Waals surface area contributed by atoms with Crippen LogP contribution in [-0.4, -0.2) is 11.1 Å². The molecule has 0 saturated heterocycles. The van der Waals surface area contributed by atoms with Crippen LogP contribution in [-0.2, 0) is 4.79 Å². The molecule has 0 fully saturated rings. The normalized spacial score (nSPS) is 10.4. The van der Waals surface area contributed by atoms with E-state index >= 15 is 0 Å². The number of nitriles is 2. The first kappa shape index (κ1) is 17.9. The van der Waals surface area contributed by atoms with Crippen molar-refractivity contribution in [2.24, 2.45) is 0 Å². The highest BCUT2D eigenvalue weighted by molar-refractivity contribution is 5.68. The maximum Gasteiger partial charge on any atom is 0.303 e. The van der Waals surface area contributed by atoms with Gasteiger partial charge in [-0.25, -0.2) is 0 Å². The molecule has 0 saturated carbocycles. The van der Waals surface area contributed by atoms with Gasteiger partial charge in [0.15, 0.2) is 0 Å². The second-order valence-electron chi connectivity index (χ2n) is 4.92. The van der Waals surface area contributed by atoms with E-state index in [0.717, 1.165) is 12.0 Å². The Morgan fingerprint density at radius 2 is 1.65 bits per heavy atom. The number of carboxylic acid groups (broad SMARTS) is 1. The van der Waals surface area contributed by atoms with E-state index < -0.39 is 5.97 Å². The monoisotopic (exact) mass is 306 g/mol. The van der Waals surface area contributed by atoms with Crippen molar-refractivity contribution in [1.82, 2.24) is 0 Å². The molecule has 4 nitrogen and oxygen atoms in total. The van der Waals surface area contributed by atoms with Gasteiger partial charge in [0.25, 0.3) is 0 Å². The molecule has 1 atom stereocenters. The van der Waals surface area contributed by atoms with Crippen LogP contribution in [0.2, 0.25) is 0 Å². The SMILES string of the molecule is CCC(CC(=O)O)c1cccc(C#N)c1.N#Cc1ccccc1. The zero-order chi connectivity index (χ0) is 17.1. The van der Waals surface area contributed by atoms with Crippen LogP contribution in [0.4, 0.5) is 0 Å². The average Bonchev–Trinajstić information content (AvgIpc) is 2.60. The van der Waals surface area contributed by atoms with Gasteiger partial charge < -0.3 is 5.11 Å². The van der Waals surface area contributed by atoms with E-state index in [-0.39, 0.29) is 12.3 Å². The maximum atomic E-state index is 10.6. The van der Waals surface area contributed by atoms with E-state index in [0.29, 0.717) is 11.1 Å². The Balaban J connectivity index is 0.000000277. The second kappa shape index (κ2) is 9.76. The summed E-state index contributed by atoms with van der Waals surface area (Å²) in [5.41, 5.74) is 2.22. The highest BCUT2D eigenvalue weighted by Crippen LogP contribution is 2.23. The first-order chi connectivity index (χ1) is 11.1. The predicted octanol–water partition coefficient (Wildman–Crippen LogP) is 4.08. The molecule has 23 heavy (non-hydrogen) atoms. The van der Waals surface area contributed by atoms with E-state index in [1.807, 2.05) is 37.3 Å². The maximum absolute atomic E-state index is 10.6. The van der Waals surface area contributed by atoms with Crippen LogP contribution in [0.5, 0.6) is 0 Å². The zero-order valence-electron chi connectivity index (χ0n) is 12.9. The van der Waals surface area contributed by atoms with Crippen LogP contribution in [0.1, 0.15) is 42.4 Å². The summed E-state index contributed by atoms with van der Waals surface area (Å²) in [4.78, 5) is 10.6. The van der Waals surface area contributed by atoms with Crippen molar-refractivity contribution in [2.45, 2.75) is 25.7 Å². The average molecular weight is 306 g/mol. The Hall–Kier alpha value is -3.11. The molecule has 2 rings (SSSR count). The van der Waals surface area contributed by atoms with Crippen LogP contribution < -0.4 is 0 Å². The molecule has 1 N–H and O–H groups in total. The molecule has 0 heterocycles. The number of aliphatic carboxylic acids is 1. The number of carbonyl (C=O) groups is 1. The molecule has 0 bridgehead atoms. The summed E-state index contributed by atoms with van der Waals surface area (Å²) >= 11 is 0. The molecule has 2 aromatic carbocycles.